The van der Waals surface area contributed by atoms with Gasteiger partial charge in [0.1, 0.15) is 5.75 Å². The Balaban J connectivity index is 1.46. The molecule has 162 valence electrons. The first-order valence-corrected chi connectivity index (χ1v) is 10.4. The summed E-state index contributed by atoms with van der Waals surface area (Å²) in [5.74, 6) is -0.776. The Bertz CT molecular complexity index is 1320. The second-order valence-corrected chi connectivity index (χ2v) is 7.97. The number of benzene rings is 3. The minimum atomic E-state index is -0.960. The van der Waals surface area contributed by atoms with Gasteiger partial charge in [-0.1, -0.05) is 35.3 Å². The molecule has 0 aliphatic heterocycles. The molecule has 2 N–H and O–H groups in total. The smallest absolute Gasteiger partial charge is 0.335 e. The van der Waals surface area contributed by atoms with Gasteiger partial charge in [0.25, 0.3) is 5.91 Å². The van der Waals surface area contributed by atoms with Crippen LogP contribution in [0.1, 0.15) is 15.9 Å². The van der Waals surface area contributed by atoms with Crippen molar-refractivity contribution >= 4 is 51.7 Å². The average molecular weight is 469 g/mol. The number of carbonyl (C=O) groups is 2. The first-order valence-electron chi connectivity index (χ1n) is 9.68. The summed E-state index contributed by atoms with van der Waals surface area (Å²) in [5.41, 5.74) is 2.48. The van der Waals surface area contributed by atoms with E-state index in [0.29, 0.717) is 28.0 Å². The summed E-state index contributed by atoms with van der Waals surface area (Å²) in [7, 11) is 0. The Hall–Kier alpha value is -3.48. The number of hydrogen-bond donors (Lipinski definition) is 2. The number of ether oxygens (including phenoxy) is 1. The zero-order valence-electron chi connectivity index (χ0n) is 16.7. The van der Waals surface area contributed by atoms with Gasteiger partial charge in [0.05, 0.1) is 21.8 Å². The molecule has 0 aliphatic rings. The largest absolute Gasteiger partial charge is 0.484 e. The number of aromatic carboxylic acids is 1. The number of carbonyl (C=O) groups excluding carboxylic acids is 1. The molecule has 0 saturated carbocycles. The third kappa shape index (κ3) is 5.04. The fraction of sp³-hybridized carbons (Fsp3) is 0.0833. The molecule has 1 amide bonds. The van der Waals surface area contributed by atoms with Crippen molar-refractivity contribution in [3.8, 4) is 5.75 Å². The molecule has 0 spiro atoms. The molecular formula is C24H18Cl2N2O4. The van der Waals surface area contributed by atoms with Crippen LogP contribution in [0.15, 0.2) is 72.9 Å². The van der Waals surface area contributed by atoms with E-state index in [1.54, 1.807) is 42.5 Å². The van der Waals surface area contributed by atoms with Crippen LogP contribution in [0.4, 0.5) is 5.69 Å². The molecule has 0 radical (unpaired) electrons. The summed E-state index contributed by atoms with van der Waals surface area (Å²) in [4.78, 5) is 23.5. The Kier molecular flexibility index (Phi) is 6.35. The molecule has 0 aliphatic carbocycles. The number of carboxylic acid groups (broad SMARTS) is 1. The third-order valence-corrected chi connectivity index (χ3v) is 5.40. The molecule has 4 rings (SSSR count). The number of nitrogens with zero attached hydrogens (tertiary/aromatic N) is 1. The summed E-state index contributed by atoms with van der Waals surface area (Å²) >= 11 is 11.9. The predicted octanol–water partition coefficient (Wildman–Crippen LogP) is 5.71. The lowest BCUT2D eigenvalue weighted by molar-refractivity contribution is -0.118. The van der Waals surface area contributed by atoms with Crippen molar-refractivity contribution in [3.05, 3.63) is 94.1 Å². The molecule has 6 nitrogen and oxygen atoms in total. The van der Waals surface area contributed by atoms with Gasteiger partial charge in [0.2, 0.25) is 0 Å². The molecule has 32 heavy (non-hydrogen) atoms. The molecule has 0 fully saturated rings. The lowest BCUT2D eigenvalue weighted by Gasteiger charge is -2.10. The van der Waals surface area contributed by atoms with E-state index in [-0.39, 0.29) is 18.1 Å². The van der Waals surface area contributed by atoms with Gasteiger partial charge in [-0.15, -0.1) is 0 Å². The number of aromatic nitrogens is 1. The van der Waals surface area contributed by atoms with Gasteiger partial charge < -0.3 is 19.7 Å². The number of hydrogen-bond acceptors (Lipinski definition) is 3. The van der Waals surface area contributed by atoms with Crippen LogP contribution in [0, 0.1) is 0 Å². The highest BCUT2D eigenvalue weighted by Gasteiger charge is 2.10. The van der Waals surface area contributed by atoms with Gasteiger partial charge in [-0.2, -0.15) is 0 Å². The number of nitrogens with one attached hydrogen (secondary N) is 1. The average Bonchev–Trinajstić information content (AvgIpc) is 3.16. The Morgan fingerprint density at radius 3 is 2.62 bits per heavy atom. The van der Waals surface area contributed by atoms with Crippen LogP contribution in [0.2, 0.25) is 10.0 Å². The lowest BCUT2D eigenvalue weighted by atomic mass is 10.1. The summed E-state index contributed by atoms with van der Waals surface area (Å²) in [5, 5.41) is 13.7. The van der Waals surface area contributed by atoms with Gasteiger partial charge in [-0.3, -0.25) is 4.79 Å². The summed E-state index contributed by atoms with van der Waals surface area (Å²) in [6.07, 6.45) is 1.93. The van der Waals surface area contributed by atoms with Gasteiger partial charge in [-0.25, -0.2) is 4.79 Å². The highest BCUT2D eigenvalue weighted by molar-refractivity contribution is 6.36. The minimum Gasteiger partial charge on any atom is -0.484 e. The van der Waals surface area contributed by atoms with Crippen molar-refractivity contribution < 1.29 is 19.4 Å². The number of fused-ring (bicyclic) bond motifs is 1. The van der Waals surface area contributed by atoms with Crippen LogP contribution in [-0.4, -0.2) is 28.2 Å². The number of amides is 1. The van der Waals surface area contributed by atoms with Crippen molar-refractivity contribution in [2.24, 2.45) is 0 Å². The standard InChI is InChI=1S/C24H18Cl2N2O4/c25-18-5-7-21(20(26)11-18)27-23(29)14-32-19-6-4-16-8-9-28(22(16)12-19)13-15-2-1-3-17(10-15)24(30)31/h1-12H,13-14H2,(H,27,29)(H,30,31). The minimum absolute atomic E-state index is 0.189. The van der Waals surface area contributed by atoms with Crippen molar-refractivity contribution in [1.29, 1.82) is 0 Å². The zero-order chi connectivity index (χ0) is 22.7. The van der Waals surface area contributed by atoms with Crippen LogP contribution in [0.3, 0.4) is 0 Å². The van der Waals surface area contributed by atoms with E-state index in [0.717, 1.165) is 16.5 Å². The van der Waals surface area contributed by atoms with Crippen molar-refractivity contribution in [3.63, 3.8) is 0 Å². The Morgan fingerprint density at radius 2 is 1.84 bits per heavy atom. The normalized spacial score (nSPS) is 10.8. The molecule has 0 bridgehead atoms. The second-order valence-electron chi connectivity index (χ2n) is 7.13. The maximum atomic E-state index is 12.3. The van der Waals surface area contributed by atoms with Gasteiger partial charge in [0, 0.05) is 23.8 Å². The fourth-order valence-corrected chi connectivity index (χ4v) is 3.77. The molecule has 0 atom stereocenters. The first kappa shape index (κ1) is 21.7. The third-order valence-electron chi connectivity index (χ3n) is 4.85. The lowest BCUT2D eigenvalue weighted by Crippen LogP contribution is -2.20. The molecule has 4 aromatic rings. The summed E-state index contributed by atoms with van der Waals surface area (Å²) in [6, 6.07) is 19.1. The molecule has 1 aromatic heterocycles. The molecule has 0 saturated heterocycles. The second kappa shape index (κ2) is 9.34. The van der Waals surface area contributed by atoms with E-state index in [1.165, 1.54) is 0 Å². The van der Waals surface area contributed by atoms with Crippen molar-refractivity contribution in [2.45, 2.75) is 6.54 Å². The van der Waals surface area contributed by atoms with Crippen molar-refractivity contribution in [1.82, 2.24) is 4.57 Å². The zero-order valence-corrected chi connectivity index (χ0v) is 18.2. The van der Waals surface area contributed by atoms with E-state index >= 15 is 0 Å². The van der Waals surface area contributed by atoms with Gasteiger partial charge >= 0.3 is 5.97 Å². The van der Waals surface area contributed by atoms with E-state index in [9.17, 15) is 14.7 Å². The monoisotopic (exact) mass is 468 g/mol. The van der Waals surface area contributed by atoms with Crippen molar-refractivity contribution in [2.75, 3.05) is 11.9 Å². The first-order chi connectivity index (χ1) is 15.4. The number of anilines is 1. The summed E-state index contributed by atoms with van der Waals surface area (Å²) in [6.45, 7) is 0.315. The molecule has 3 aromatic carbocycles. The molecule has 8 heteroatoms. The van der Waals surface area contributed by atoms with E-state index < -0.39 is 5.97 Å². The van der Waals surface area contributed by atoms with E-state index in [2.05, 4.69) is 5.32 Å². The highest BCUT2D eigenvalue weighted by atomic mass is 35.5. The predicted molar refractivity (Wildman–Crippen MR) is 125 cm³/mol. The SMILES string of the molecule is O=C(COc1ccc2ccn(Cc3cccc(C(=O)O)c3)c2c1)Nc1ccc(Cl)cc1Cl. The summed E-state index contributed by atoms with van der Waals surface area (Å²) < 4.78 is 7.66. The van der Waals surface area contributed by atoms with E-state index in [4.69, 9.17) is 27.9 Å². The van der Waals surface area contributed by atoms with Crippen LogP contribution >= 0.6 is 23.2 Å². The maximum Gasteiger partial charge on any atom is 0.335 e. The number of halogens is 2. The highest BCUT2D eigenvalue weighted by Crippen LogP contribution is 2.26. The maximum absolute atomic E-state index is 12.3. The Morgan fingerprint density at radius 1 is 1.00 bits per heavy atom. The van der Waals surface area contributed by atoms with Crippen LogP contribution in [0.25, 0.3) is 10.9 Å². The molecule has 1 heterocycles. The number of carboxylic acids is 1. The molecular weight excluding hydrogens is 451 g/mol. The van der Waals surface area contributed by atoms with Gasteiger partial charge in [0.15, 0.2) is 6.61 Å². The topological polar surface area (TPSA) is 80.6 Å². The van der Waals surface area contributed by atoms with Crippen LogP contribution < -0.4 is 10.1 Å². The molecule has 0 unspecified atom stereocenters. The Labute approximate surface area is 193 Å². The number of rotatable bonds is 7. The van der Waals surface area contributed by atoms with Gasteiger partial charge in [-0.05, 0) is 59.5 Å². The fourth-order valence-electron chi connectivity index (χ4n) is 3.32. The van der Waals surface area contributed by atoms with Crippen LogP contribution in [-0.2, 0) is 11.3 Å². The quantitative estimate of drug-likeness (QED) is 0.363. The van der Waals surface area contributed by atoms with E-state index in [1.807, 2.05) is 35.0 Å². The van der Waals surface area contributed by atoms with Crippen LogP contribution in [0.5, 0.6) is 5.75 Å².